The molecule has 1 aromatic heterocycles. The van der Waals surface area contributed by atoms with E-state index in [0.717, 1.165) is 37.0 Å². The van der Waals surface area contributed by atoms with Gasteiger partial charge in [-0.15, -0.1) is 0 Å². The molecule has 0 aliphatic heterocycles. The molecule has 3 rings (SSSR count). The molecule has 1 aliphatic rings. The van der Waals surface area contributed by atoms with E-state index in [2.05, 4.69) is 10.6 Å². The Morgan fingerprint density at radius 1 is 1.08 bits per heavy atom. The second-order valence-electron chi connectivity index (χ2n) is 8.51. The average Bonchev–Trinajstić information content (AvgIpc) is 3.43. The van der Waals surface area contributed by atoms with Gasteiger partial charge in [0.1, 0.15) is 18.3 Å². The highest BCUT2D eigenvalue weighted by Crippen LogP contribution is 2.26. The number of carbonyl (C=O) groups is 4. The van der Waals surface area contributed by atoms with Crippen molar-refractivity contribution in [2.45, 2.75) is 51.1 Å². The molecule has 10 heteroatoms. The van der Waals surface area contributed by atoms with Crippen molar-refractivity contribution in [2.75, 3.05) is 26.8 Å². The van der Waals surface area contributed by atoms with Crippen molar-refractivity contribution in [1.29, 1.82) is 0 Å². The lowest BCUT2D eigenvalue weighted by atomic mass is 9.94. The van der Waals surface area contributed by atoms with Crippen LogP contribution in [0.25, 0.3) is 0 Å². The Kier molecular flexibility index (Phi) is 9.91. The molecule has 3 amide bonds. The molecule has 10 nitrogen and oxygen atoms in total. The summed E-state index contributed by atoms with van der Waals surface area (Å²) in [6, 6.07) is 8.62. The first kappa shape index (κ1) is 26.8. The lowest BCUT2D eigenvalue weighted by Crippen LogP contribution is -2.51. The molecule has 1 aliphatic carbocycles. The largest absolute Gasteiger partial charge is 0.497 e. The van der Waals surface area contributed by atoms with Crippen LogP contribution in [0.3, 0.4) is 0 Å². The molecule has 194 valence electrons. The zero-order chi connectivity index (χ0) is 25.9. The van der Waals surface area contributed by atoms with E-state index in [1.54, 1.807) is 37.3 Å². The third-order valence-corrected chi connectivity index (χ3v) is 6.01. The van der Waals surface area contributed by atoms with Gasteiger partial charge in [0.25, 0.3) is 5.91 Å². The Hall–Kier alpha value is -3.82. The van der Waals surface area contributed by atoms with Crippen molar-refractivity contribution in [1.82, 2.24) is 15.5 Å². The maximum Gasteiger partial charge on any atom is 0.325 e. The van der Waals surface area contributed by atoms with Crippen LogP contribution in [0.5, 0.6) is 5.75 Å². The van der Waals surface area contributed by atoms with Gasteiger partial charge < -0.3 is 29.4 Å². The van der Waals surface area contributed by atoms with Gasteiger partial charge >= 0.3 is 5.97 Å². The molecule has 0 spiro atoms. The molecule has 0 saturated heterocycles. The molecule has 2 N–H and O–H groups in total. The van der Waals surface area contributed by atoms with Gasteiger partial charge in [-0.05, 0) is 49.6 Å². The molecule has 0 radical (unpaired) electrons. The van der Waals surface area contributed by atoms with E-state index >= 15 is 0 Å². The van der Waals surface area contributed by atoms with Gasteiger partial charge in [0, 0.05) is 6.04 Å². The third-order valence-electron chi connectivity index (χ3n) is 6.01. The van der Waals surface area contributed by atoms with Crippen LogP contribution in [-0.2, 0) is 19.1 Å². The quantitative estimate of drug-likeness (QED) is 0.455. The number of rotatable bonds is 11. The zero-order valence-electron chi connectivity index (χ0n) is 20.7. The van der Waals surface area contributed by atoms with Crippen LogP contribution < -0.4 is 15.4 Å². The number of nitrogens with one attached hydrogen (secondary N) is 2. The van der Waals surface area contributed by atoms with E-state index in [9.17, 15) is 19.2 Å². The molecule has 1 unspecified atom stereocenters. The van der Waals surface area contributed by atoms with Gasteiger partial charge in [0.15, 0.2) is 5.76 Å². The minimum atomic E-state index is -1.12. The lowest BCUT2D eigenvalue weighted by molar-refractivity contribution is -0.152. The predicted octanol–water partition coefficient (Wildman–Crippen LogP) is 2.60. The van der Waals surface area contributed by atoms with Crippen molar-refractivity contribution < 1.29 is 33.1 Å². The normalized spacial score (nSPS) is 14.4. The highest BCUT2D eigenvalue weighted by molar-refractivity contribution is 5.96. The first-order valence-electron chi connectivity index (χ1n) is 12.1. The Morgan fingerprint density at radius 2 is 1.81 bits per heavy atom. The minimum Gasteiger partial charge on any atom is -0.497 e. The second-order valence-corrected chi connectivity index (χ2v) is 8.51. The van der Waals surface area contributed by atoms with Crippen LogP contribution in [-0.4, -0.2) is 61.4 Å². The summed E-state index contributed by atoms with van der Waals surface area (Å²) in [6.07, 6.45) is 6.21. The van der Waals surface area contributed by atoms with Gasteiger partial charge in [0.2, 0.25) is 11.8 Å². The van der Waals surface area contributed by atoms with E-state index in [1.165, 1.54) is 19.4 Å². The molecule has 1 saturated carbocycles. The summed E-state index contributed by atoms with van der Waals surface area (Å²) in [4.78, 5) is 52.9. The second kappa shape index (κ2) is 13.3. The Labute approximate surface area is 210 Å². The first-order chi connectivity index (χ1) is 17.4. The lowest BCUT2D eigenvalue weighted by Gasteiger charge is -2.33. The van der Waals surface area contributed by atoms with Gasteiger partial charge in [-0.1, -0.05) is 31.4 Å². The number of hydrogen-bond donors (Lipinski definition) is 2. The van der Waals surface area contributed by atoms with Crippen molar-refractivity contribution in [3.8, 4) is 5.75 Å². The SMILES string of the molecule is CCOC(=O)CN(C(=O)CNC(=O)c1ccco1)C(C(=O)NC1CCCCC1)c1ccc(OC)cc1. The fraction of sp³-hybridized carbons (Fsp3) is 0.462. The number of amides is 3. The number of nitrogens with zero attached hydrogens (tertiary/aromatic N) is 1. The van der Waals surface area contributed by atoms with E-state index in [-0.39, 0.29) is 18.4 Å². The summed E-state index contributed by atoms with van der Waals surface area (Å²) in [6.45, 7) is 0.877. The number of benzene rings is 1. The topological polar surface area (TPSA) is 127 Å². The molecule has 1 atom stereocenters. The van der Waals surface area contributed by atoms with E-state index in [0.29, 0.717) is 11.3 Å². The molecule has 1 aromatic carbocycles. The number of ether oxygens (including phenoxy) is 2. The fourth-order valence-electron chi connectivity index (χ4n) is 4.21. The molecular formula is C26H33N3O7. The molecule has 0 bridgehead atoms. The summed E-state index contributed by atoms with van der Waals surface area (Å²) >= 11 is 0. The average molecular weight is 500 g/mol. The van der Waals surface area contributed by atoms with Crippen LogP contribution in [0.15, 0.2) is 47.1 Å². The van der Waals surface area contributed by atoms with E-state index in [4.69, 9.17) is 13.9 Å². The number of carbonyl (C=O) groups excluding carboxylic acids is 4. The Morgan fingerprint density at radius 3 is 2.42 bits per heavy atom. The third kappa shape index (κ3) is 7.34. The Balaban J connectivity index is 1.88. The molecule has 1 fully saturated rings. The highest BCUT2D eigenvalue weighted by Gasteiger charge is 2.34. The minimum absolute atomic E-state index is 0.00907. The van der Waals surface area contributed by atoms with Crippen LogP contribution in [0.2, 0.25) is 0 Å². The standard InChI is InChI=1S/C26H33N3O7/c1-3-35-23(31)17-29(22(30)16-27-25(32)21-10-7-15-36-21)24(18-11-13-20(34-2)14-12-18)26(33)28-19-8-5-4-6-9-19/h7,10-15,19,24H,3-6,8-9,16-17H2,1-2H3,(H,27,32)(H,28,33). The fourth-order valence-corrected chi connectivity index (χ4v) is 4.21. The van der Waals surface area contributed by atoms with Gasteiger partial charge in [0.05, 0.1) is 26.5 Å². The molecule has 36 heavy (non-hydrogen) atoms. The van der Waals surface area contributed by atoms with Crippen molar-refractivity contribution >= 4 is 23.7 Å². The number of furan rings is 1. The zero-order valence-corrected chi connectivity index (χ0v) is 20.7. The van der Waals surface area contributed by atoms with Gasteiger partial charge in [-0.2, -0.15) is 0 Å². The summed E-state index contributed by atoms with van der Waals surface area (Å²) in [5.41, 5.74) is 0.499. The van der Waals surface area contributed by atoms with Gasteiger partial charge in [-0.3, -0.25) is 19.2 Å². The molecular weight excluding hydrogens is 466 g/mol. The highest BCUT2D eigenvalue weighted by atomic mass is 16.5. The number of esters is 1. The van der Waals surface area contributed by atoms with Gasteiger partial charge in [-0.25, -0.2) is 0 Å². The van der Waals surface area contributed by atoms with E-state index in [1.807, 2.05) is 0 Å². The number of hydrogen-bond acceptors (Lipinski definition) is 7. The summed E-state index contributed by atoms with van der Waals surface area (Å²) in [5, 5.41) is 5.54. The predicted molar refractivity (Wildman–Crippen MR) is 130 cm³/mol. The van der Waals surface area contributed by atoms with Crippen molar-refractivity contribution in [3.63, 3.8) is 0 Å². The smallest absolute Gasteiger partial charge is 0.325 e. The maximum atomic E-state index is 13.6. The molecule has 1 heterocycles. The van der Waals surface area contributed by atoms with Crippen LogP contribution in [0, 0.1) is 0 Å². The maximum absolute atomic E-state index is 13.6. The van der Waals surface area contributed by atoms with Crippen molar-refractivity contribution in [2.24, 2.45) is 0 Å². The summed E-state index contributed by atoms with van der Waals surface area (Å²) in [5.74, 6) is -1.64. The van der Waals surface area contributed by atoms with E-state index < -0.39 is 42.8 Å². The van der Waals surface area contributed by atoms with Crippen LogP contribution in [0.4, 0.5) is 0 Å². The van der Waals surface area contributed by atoms with Crippen LogP contribution >= 0.6 is 0 Å². The summed E-state index contributed by atoms with van der Waals surface area (Å²) in [7, 11) is 1.53. The monoisotopic (exact) mass is 499 g/mol. The number of methoxy groups -OCH3 is 1. The van der Waals surface area contributed by atoms with Crippen LogP contribution in [0.1, 0.15) is 61.2 Å². The summed E-state index contributed by atoms with van der Waals surface area (Å²) < 4.78 is 15.4. The Bertz CT molecular complexity index is 1010. The molecule has 2 aromatic rings. The van der Waals surface area contributed by atoms with Crippen molar-refractivity contribution in [3.05, 3.63) is 54.0 Å². The first-order valence-corrected chi connectivity index (χ1v) is 12.1.